The molecular formula is C17H28N2O3. The second kappa shape index (κ2) is 6.17. The number of hydrogen-bond donors (Lipinski definition) is 2. The summed E-state index contributed by atoms with van der Waals surface area (Å²) in [4.78, 5) is 12.5. The Morgan fingerprint density at radius 1 is 1.36 bits per heavy atom. The zero-order chi connectivity index (χ0) is 16.4. The van der Waals surface area contributed by atoms with E-state index in [-0.39, 0.29) is 18.6 Å². The molecular weight excluding hydrogens is 280 g/mol. The largest absolute Gasteiger partial charge is 0.387 e. The molecule has 0 spiro atoms. The van der Waals surface area contributed by atoms with E-state index in [9.17, 15) is 15.2 Å². The molecule has 0 radical (unpaired) electrons. The molecule has 0 aromatic heterocycles. The lowest BCUT2D eigenvalue weighted by Gasteiger charge is -2.58. The summed E-state index contributed by atoms with van der Waals surface area (Å²) < 4.78 is 5.63. The SMILES string of the molecule is CCO[C@@H]1C[C@](O)(CNC(=O)C2(C#N)CCCCC2)C1(C)C. The Hall–Kier alpha value is -1.12. The van der Waals surface area contributed by atoms with Gasteiger partial charge in [-0.1, -0.05) is 33.1 Å². The number of nitrogens with zero attached hydrogens (tertiary/aromatic N) is 1. The first-order valence-electron chi connectivity index (χ1n) is 8.35. The summed E-state index contributed by atoms with van der Waals surface area (Å²) in [5.41, 5.74) is -2.27. The van der Waals surface area contributed by atoms with Gasteiger partial charge in [0.25, 0.3) is 0 Å². The van der Waals surface area contributed by atoms with Crippen LogP contribution in [0.1, 0.15) is 59.3 Å². The molecule has 2 aliphatic rings. The van der Waals surface area contributed by atoms with Gasteiger partial charge in [-0.25, -0.2) is 0 Å². The summed E-state index contributed by atoms with van der Waals surface area (Å²) in [5.74, 6) is -0.223. The number of nitrogens with one attached hydrogen (secondary N) is 1. The molecule has 0 aromatic carbocycles. The van der Waals surface area contributed by atoms with Crippen molar-refractivity contribution in [2.24, 2.45) is 10.8 Å². The highest BCUT2D eigenvalue weighted by molar-refractivity contribution is 5.85. The molecule has 0 unspecified atom stereocenters. The second-order valence-electron chi connectivity index (χ2n) is 7.34. The Kier molecular flexibility index (Phi) is 4.84. The van der Waals surface area contributed by atoms with Gasteiger partial charge in [0.05, 0.1) is 17.8 Å². The summed E-state index contributed by atoms with van der Waals surface area (Å²) in [7, 11) is 0. The molecule has 124 valence electrons. The van der Waals surface area contributed by atoms with Crippen molar-refractivity contribution in [3.63, 3.8) is 0 Å². The molecule has 0 aliphatic heterocycles. The number of amides is 1. The predicted molar refractivity (Wildman–Crippen MR) is 82.9 cm³/mol. The molecule has 5 heteroatoms. The van der Waals surface area contributed by atoms with Crippen molar-refractivity contribution < 1.29 is 14.6 Å². The molecule has 0 aromatic rings. The average molecular weight is 308 g/mol. The van der Waals surface area contributed by atoms with Gasteiger partial charge in [0.1, 0.15) is 5.41 Å². The molecule has 2 saturated carbocycles. The molecule has 5 nitrogen and oxygen atoms in total. The molecule has 2 atom stereocenters. The van der Waals surface area contributed by atoms with Crippen LogP contribution < -0.4 is 5.32 Å². The van der Waals surface area contributed by atoms with Crippen molar-refractivity contribution in [1.29, 1.82) is 5.26 Å². The standard InChI is InChI=1S/C17H28N2O3/c1-4-22-13-10-17(21,15(13,2)3)12-19-14(20)16(11-18)8-6-5-7-9-16/h13,21H,4-10,12H2,1-3H3,(H,19,20)/t13-,17+/m1/s1. The molecule has 0 saturated heterocycles. The number of hydrogen-bond acceptors (Lipinski definition) is 4. The Bertz CT molecular complexity index is 463. The van der Waals surface area contributed by atoms with Gasteiger partial charge in [0.15, 0.2) is 0 Å². The second-order valence-corrected chi connectivity index (χ2v) is 7.34. The van der Waals surface area contributed by atoms with E-state index in [0.717, 1.165) is 19.3 Å². The molecule has 0 bridgehead atoms. The fraction of sp³-hybridized carbons (Fsp3) is 0.882. The van der Waals surface area contributed by atoms with Gasteiger partial charge in [0, 0.05) is 25.0 Å². The number of nitriles is 1. The monoisotopic (exact) mass is 308 g/mol. The zero-order valence-electron chi connectivity index (χ0n) is 13.9. The summed E-state index contributed by atoms with van der Waals surface area (Å²) >= 11 is 0. The van der Waals surface area contributed by atoms with Crippen LogP contribution in [0.5, 0.6) is 0 Å². The fourth-order valence-electron chi connectivity index (χ4n) is 3.70. The van der Waals surface area contributed by atoms with Crippen LogP contribution in [0.15, 0.2) is 0 Å². The normalized spacial score (nSPS) is 32.6. The minimum Gasteiger partial charge on any atom is -0.387 e. The lowest BCUT2D eigenvalue weighted by atomic mass is 9.56. The Morgan fingerprint density at radius 3 is 2.50 bits per heavy atom. The van der Waals surface area contributed by atoms with Gasteiger partial charge < -0.3 is 15.2 Å². The van der Waals surface area contributed by atoms with Crippen molar-refractivity contribution in [2.45, 2.75) is 71.0 Å². The lowest BCUT2D eigenvalue weighted by Crippen LogP contribution is -2.69. The van der Waals surface area contributed by atoms with Crippen molar-refractivity contribution in [1.82, 2.24) is 5.32 Å². The van der Waals surface area contributed by atoms with Gasteiger partial charge in [-0.15, -0.1) is 0 Å². The maximum absolute atomic E-state index is 12.5. The van der Waals surface area contributed by atoms with Crippen LogP contribution in [0.2, 0.25) is 0 Å². The van der Waals surface area contributed by atoms with Crippen LogP contribution >= 0.6 is 0 Å². The molecule has 22 heavy (non-hydrogen) atoms. The van der Waals surface area contributed by atoms with Gasteiger partial charge in [-0.05, 0) is 19.8 Å². The molecule has 0 heterocycles. The number of rotatable bonds is 5. The van der Waals surface area contributed by atoms with Gasteiger partial charge >= 0.3 is 0 Å². The van der Waals surface area contributed by atoms with Crippen LogP contribution in [0.3, 0.4) is 0 Å². The summed E-state index contributed by atoms with van der Waals surface area (Å²) in [6.07, 6.45) is 4.71. The van der Waals surface area contributed by atoms with E-state index >= 15 is 0 Å². The third-order valence-electron chi connectivity index (χ3n) is 5.79. The van der Waals surface area contributed by atoms with E-state index in [1.54, 1.807) is 0 Å². The van der Waals surface area contributed by atoms with Crippen molar-refractivity contribution in [2.75, 3.05) is 13.2 Å². The number of carbonyl (C=O) groups is 1. The third-order valence-corrected chi connectivity index (χ3v) is 5.79. The maximum Gasteiger partial charge on any atom is 0.240 e. The Balaban J connectivity index is 1.95. The molecule has 2 N–H and O–H groups in total. The molecule has 2 aliphatic carbocycles. The van der Waals surface area contributed by atoms with Crippen LogP contribution in [-0.4, -0.2) is 35.9 Å². The van der Waals surface area contributed by atoms with E-state index < -0.39 is 16.4 Å². The van der Waals surface area contributed by atoms with Crippen LogP contribution in [0.4, 0.5) is 0 Å². The highest BCUT2D eigenvalue weighted by atomic mass is 16.5. The quantitative estimate of drug-likeness (QED) is 0.815. The molecule has 2 rings (SSSR count). The number of aliphatic hydroxyl groups is 1. The van der Waals surface area contributed by atoms with E-state index in [1.165, 1.54) is 0 Å². The van der Waals surface area contributed by atoms with Crippen molar-refractivity contribution >= 4 is 5.91 Å². The number of ether oxygens (including phenoxy) is 1. The van der Waals surface area contributed by atoms with Crippen molar-refractivity contribution in [3.8, 4) is 6.07 Å². The third kappa shape index (κ3) is 2.75. The summed E-state index contributed by atoms with van der Waals surface area (Å²) in [6.45, 7) is 6.67. The van der Waals surface area contributed by atoms with Gasteiger partial charge in [-0.3, -0.25) is 4.79 Å². The topological polar surface area (TPSA) is 82.3 Å². The first-order valence-corrected chi connectivity index (χ1v) is 8.35. The van der Waals surface area contributed by atoms with Crippen LogP contribution in [0, 0.1) is 22.2 Å². The Morgan fingerprint density at radius 2 is 2.00 bits per heavy atom. The van der Waals surface area contributed by atoms with E-state index in [1.807, 2.05) is 20.8 Å². The highest BCUT2D eigenvalue weighted by Gasteiger charge is 2.60. The fourth-order valence-corrected chi connectivity index (χ4v) is 3.70. The van der Waals surface area contributed by atoms with Crippen LogP contribution in [-0.2, 0) is 9.53 Å². The summed E-state index contributed by atoms with van der Waals surface area (Å²) in [6, 6.07) is 2.22. The average Bonchev–Trinajstić information content (AvgIpc) is 2.53. The molecule has 2 fully saturated rings. The maximum atomic E-state index is 12.5. The van der Waals surface area contributed by atoms with Gasteiger partial charge in [0.2, 0.25) is 5.91 Å². The van der Waals surface area contributed by atoms with E-state index in [4.69, 9.17) is 4.74 Å². The zero-order valence-corrected chi connectivity index (χ0v) is 13.9. The van der Waals surface area contributed by atoms with Crippen LogP contribution in [0.25, 0.3) is 0 Å². The minimum atomic E-state index is -0.964. The summed E-state index contributed by atoms with van der Waals surface area (Å²) in [5, 5.41) is 23.0. The van der Waals surface area contributed by atoms with Gasteiger partial charge in [-0.2, -0.15) is 5.26 Å². The first kappa shape index (κ1) is 17.2. The van der Waals surface area contributed by atoms with E-state index in [2.05, 4.69) is 11.4 Å². The lowest BCUT2D eigenvalue weighted by molar-refractivity contribution is -0.238. The van der Waals surface area contributed by atoms with E-state index in [0.29, 0.717) is 25.9 Å². The van der Waals surface area contributed by atoms with Crippen molar-refractivity contribution in [3.05, 3.63) is 0 Å². The first-order chi connectivity index (χ1) is 10.3. The molecule has 1 amide bonds. The Labute approximate surface area is 133 Å². The highest BCUT2D eigenvalue weighted by Crippen LogP contribution is 2.51. The smallest absolute Gasteiger partial charge is 0.240 e. The number of carbonyl (C=O) groups excluding carboxylic acids is 1. The minimum absolute atomic E-state index is 0.0130. The predicted octanol–water partition coefficient (Wildman–Crippen LogP) is 2.14.